The molecule has 0 spiro atoms. The average molecular weight is 427 g/mol. The maximum Gasteiger partial charge on any atom is 0.238 e. The molecule has 0 radical (unpaired) electrons. The Bertz CT molecular complexity index is 864. The van der Waals surface area contributed by atoms with Crippen LogP contribution in [0.2, 0.25) is 0 Å². The minimum atomic E-state index is -0.378. The topological polar surface area (TPSA) is 64.7 Å². The molecule has 1 saturated heterocycles. The number of rotatable bonds is 9. The third kappa shape index (κ3) is 7.77. The van der Waals surface area contributed by atoms with Crippen LogP contribution >= 0.6 is 0 Å². The Kier molecular flexibility index (Phi) is 8.55. The zero-order valence-electron chi connectivity index (χ0n) is 18.1. The van der Waals surface area contributed by atoms with Crippen LogP contribution in [0.25, 0.3) is 0 Å². The summed E-state index contributed by atoms with van der Waals surface area (Å²) in [7, 11) is 0. The predicted octanol–water partition coefficient (Wildman–Crippen LogP) is 3.36. The Morgan fingerprint density at radius 3 is 2.00 bits per heavy atom. The normalized spacial score (nSPS) is 14.9. The number of carbonyl (C=O) groups is 2. The SMILES string of the molecule is CCCCc1ccc(NC(=O)CN2CCN(CC(=O)Nc3cccc(F)c3)CC2)cc1. The highest BCUT2D eigenvalue weighted by Gasteiger charge is 2.20. The fraction of sp³-hybridized carbons (Fsp3) is 0.417. The van der Waals surface area contributed by atoms with E-state index in [2.05, 4.69) is 34.6 Å². The van der Waals surface area contributed by atoms with Crippen LogP contribution in [0.4, 0.5) is 15.8 Å². The fourth-order valence-electron chi connectivity index (χ4n) is 3.61. The van der Waals surface area contributed by atoms with E-state index in [9.17, 15) is 14.0 Å². The van der Waals surface area contributed by atoms with Crippen molar-refractivity contribution < 1.29 is 14.0 Å². The van der Waals surface area contributed by atoms with Crippen molar-refractivity contribution >= 4 is 23.2 Å². The molecule has 0 bridgehead atoms. The lowest BCUT2D eigenvalue weighted by Crippen LogP contribution is -2.50. The first-order valence-electron chi connectivity index (χ1n) is 10.9. The van der Waals surface area contributed by atoms with Crippen LogP contribution in [0.15, 0.2) is 48.5 Å². The van der Waals surface area contributed by atoms with Gasteiger partial charge in [-0.25, -0.2) is 4.39 Å². The van der Waals surface area contributed by atoms with Crippen LogP contribution in [0.3, 0.4) is 0 Å². The van der Waals surface area contributed by atoms with Crippen LogP contribution in [0.5, 0.6) is 0 Å². The van der Waals surface area contributed by atoms with Gasteiger partial charge in [0, 0.05) is 37.6 Å². The van der Waals surface area contributed by atoms with Gasteiger partial charge in [-0.3, -0.25) is 19.4 Å². The largest absolute Gasteiger partial charge is 0.325 e. The summed E-state index contributed by atoms with van der Waals surface area (Å²) in [6, 6.07) is 13.9. The van der Waals surface area contributed by atoms with E-state index in [0.717, 1.165) is 25.2 Å². The molecule has 2 N–H and O–H groups in total. The van der Waals surface area contributed by atoms with E-state index in [1.54, 1.807) is 12.1 Å². The van der Waals surface area contributed by atoms with Gasteiger partial charge in [0.25, 0.3) is 0 Å². The van der Waals surface area contributed by atoms with Gasteiger partial charge in [-0.15, -0.1) is 0 Å². The van der Waals surface area contributed by atoms with Gasteiger partial charge < -0.3 is 10.6 Å². The van der Waals surface area contributed by atoms with Gasteiger partial charge in [0.1, 0.15) is 5.82 Å². The standard InChI is InChI=1S/C24H31FN4O2/c1-2-3-5-19-8-10-21(11-9-19)26-23(30)17-28-12-14-29(15-13-28)18-24(31)27-22-7-4-6-20(25)16-22/h4,6-11,16H,2-3,5,12-15,17-18H2,1H3,(H,26,30)(H,27,31). The van der Waals surface area contributed by atoms with Crippen LogP contribution in [-0.2, 0) is 16.0 Å². The third-order valence-corrected chi connectivity index (χ3v) is 5.36. The van der Waals surface area contributed by atoms with Gasteiger partial charge >= 0.3 is 0 Å². The molecule has 166 valence electrons. The minimum Gasteiger partial charge on any atom is -0.325 e. The molecule has 2 aromatic rings. The predicted molar refractivity (Wildman–Crippen MR) is 122 cm³/mol. The Hall–Kier alpha value is -2.77. The molecule has 7 heteroatoms. The first-order chi connectivity index (χ1) is 15.0. The molecule has 6 nitrogen and oxygen atoms in total. The Morgan fingerprint density at radius 1 is 0.871 bits per heavy atom. The zero-order chi connectivity index (χ0) is 22.1. The number of unbranched alkanes of at least 4 members (excludes halogenated alkanes) is 1. The number of halogens is 1. The average Bonchev–Trinajstić information content (AvgIpc) is 2.74. The van der Waals surface area contributed by atoms with Crippen molar-refractivity contribution in [2.45, 2.75) is 26.2 Å². The number of amides is 2. The molecule has 0 saturated carbocycles. The van der Waals surface area contributed by atoms with E-state index in [1.807, 2.05) is 17.0 Å². The molecule has 1 aliphatic rings. The molecule has 0 unspecified atom stereocenters. The lowest BCUT2D eigenvalue weighted by Gasteiger charge is -2.33. The molecular formula is C24H31FN4O2. The summed E-state index contributed by atoms with van der Waals surface area (Å²) < 4.78 is 13.2. The lowest BCUT2D eigenvalue weighted by atomic mass is 10.1. The van der Waals surface area contributed by atoms with Gasteiger partial charge in [-0.2, -0.15) is 0 Å². The van der Waals surface area contributed by atoms with E-state index in [0.29, 0.717) is 25.3 Å². The van der Waals surface area contributed by atoms with Crippen molar-refractivity contribution in [2.24, 2.45) is 0 Å². The van der Waals surface area contributed by atoms with E-state index < -0.39 is 0 Å². The molecule has 0 aromatic heterocycles. The fourth-order valence-corrected chi connectivity index (χ4v) is 3.61. The number of nitrogens with zero attached hydrogens (tertiary/aromatic N) is 2. The van der Waals surface area contributed by atoms with Crippen molar-refractivity contribution in [3.8, 4) is 0 Å². The van der Waals surface area contributed by atoms with Gasteiger partial charge in [0.2, 0.25) is 11.8 Å². The number of nitrogens with one attached hydrogen (secondary N) is 2. The first-order valence-corrected chi connectivity index (χ1v) is 10.9. The number of carbonyl (C=O) groups excluding carboxylic acids is 2. The number of hydrogen-bond acceptors (Lipinski definition) is 4. The quantitative estimate of drug-likeness (QED) is 0.645. The van der Waals surface area contributed by atoms with E-state index in [4.69, 9.17) is 0 Å². The van der Waals surface area contributed by atoms with Crippen molar-refractivity contribution in [1.29, 1.82) is 0 Å². The summed E-state index contributed by atoms with van der Waals surface area (Å²) in [5.74, 6) is -0.574. The summed E-state index contributed by atoms with van der Waals surface area (Å²) in [6.45, 7) is 5.61. The van der Waals surface area contributed by atoms with Gasteiger partial charge in [-0.1, -0.05) is 31.5 Å². The number of piperazine rings is 1. The second kappa shape index (κ2) is 11.6. The maximum absolute atomic E-state index is 13.2. The second-order valence-electron chi connectivity index (χ2n) is 7.96. The van der Waals surface area contributed by atoms with E-state index >= 15 is 0 Å². The Labute approximate surface area is 183 Å². The number of aryl methyl sites for hydroxylation is 1. The zero-order valence-corrected chi connectivity index (χ0v) is 18.1. The van der Waals surface area contributed by atoms with E-state index in [1.165, 1.54) is 30.5 Å². The summed E-state index contributed by atoms with van der Waals surface area (Å²) in [5, 5.41) is 5.68. The summed E-state index contributed by atoms with van der Waals surface area (Å²) >= 11 is 0. The van der Waals surface area contributed by atoms with Crippen LogP contribution in [0, 0.1) is 5.82 Å². The number of hydrogen-bond donors (Lipinski definition) is 2. The van der Waals surface area contributed by atoms with Crippen molar-refractivity contribution in [2.75, 3.05) is 49.9 Å². The molecule has 1 heterocycles. The highest BCUT2D eigenvalue weighted by molar-refractivity contribution is 5.92. The highest BCUT2D eigenvalue weighted by atomic mass is 19.1. The molecule has 31 heavy (non-hydrogen) atoms. The molecular weight excluding hydrogens is 395 g/mol. The molecule has 1 aliphatic heterocycles. The van der Waals surface area contributed by atoms with Crippen LogP contribution in [-0.4, -0.2) is 60.9 Å². The van der Waals surface area contributed by atoms with Crippen molar-refractivity contribution in [1.82, 2.24) is 9.80 Å². The van der Waals surface area contributed by atoms with Gasteiger partial charge in [-0.05, 0) is 48.7 Å². The first kappa shape index (κ1) is 22.9. The Balaban J connectivity index is 1.36. The third-order valence-electron chi connectivity index (χ3n) is 5.36. The van der Waals surface area contributed by atoms with Crippen LogP contribution in [0.1, 0.15) is 25.3 Å². The smallest absolute Gasteiger partial charge is 0.238 e. The van der Waals surface area contributed by atoms with Crippen LogP contribution < -0.4 is 10.6 Å². The minimum absolute atomic E-state index is 0.0291. The maximum atomic E-state index is 13.2. The molecule has 0 atom stereocenters. The second-order valence-corrected chi connectivity index (χ2v) is 7.96. The summed E-state index contributed by atoms with van der Waals surface area (Å²) in [6.07, 6.45) is 3.41. The molecule has 2 aromatic carbocycles. The van der Waals surface area contributed by atoms with Crippen molar-refractivity contribution in [3.63, 3.8) is 0 Å². The van der Waals surface area contributed by atoms with Gasteiger partial charge in [0.15, 0.2) is 0 Å². The molecule has 2 amide bonds. The van der Waals surface area contributed by atoms with Gasteiger partial charge in [0.05, 0.1) is 13.1 Å². The summed E-state index contributed by atoms with van der Waals surface area (Å²) in [5.41, 5.74) is 2.56. The number of benzene rings is 2. The monoisotopic (exact) mass is 426 g/mol. The molecule has 3 rings (SSSR count). The highest BCUT2D eigenvalue weighted by Crippen LogP contribution is 2.13. The molecule has 0 aliphatic carbocycles. The Morgan fingerprint density at radius 2 is 1.45 bits per heavy atom. The summed E-state index contributed by atoms with van der Waals surface area (Å²) in [4.78, 5) is 28.7. The van der Waals surface area contributed by atoms with Crippen molar-refractivity contribution in [3.05, 3.63) is 59.9 Å². The number of anilines is 2. The lowest BCUT2D eigenvalue weighted by molar-refractivity contribution is -0.120. The van der Waals surface area contributed by atoms with E-state index in [-0.39, 0.29) is 24.2 Å². The molecule has 1 fully saturated rings.